The first-order valence-corrected chi connectivity index (χ1v) is 8.08. The quantitative estimate of drug-likeness (QED) is 0.785. The second-order valence-electron chi connectivity index (χ2n) is 6.11. The fraction of sp³-hybridized carbons (Fsp3) is 0.444. The molecule has 124 valence electrons. The summed E-state index contributed by atoms with van der Waals surface area (Å²) in [6.07, 6.45) is 3.42. The van der Waals surface area contributed by atoms with E-state index in [-0.39, 0.29) is 11.9 Å². The number of aromatic nitrogens is 1. The third-order valence-electron chi connectivity index (χ3n) is 3.58. The van der Waals surface area contributed by atoms with Gasteiger partial charge in [-0.15, -0.1) is 0 Å². The van der Waals surface area contributed by atoms with Crippen LogP contribution in [-0.4, -0.2) is 23.5 Å². The van der Waals surface area contributed by atoms with E-state index in [9.17, 15) is 4.79 Å². The highest BCUT2D eigenvalue weighted by molar-refractivity contribution is 5.76. The molecule has 0 fully saturated rings. The van der Waals surface area contributed by atoms with Crippen LogP contribution in [0.2, 0.25) is 0 Å². The molecule has 0 aliphatic rings. The number of nitrogens with one attached hydrogen (secondary N) is 1. The smallest absolute Gasteiger partial charge is 0.220 e. The number of nitrogens with two attached hydrogens (primary N) is 1. The highest BCUT2D eigenvalue weighted by atomic mass is 16.4. The van der Waals surface area contributed by atoms with Crippen LogP contribution in [0.1, 0.15) is 32.6 Å². The van der Waals surface area contributed by atoms with E-state index in [1.807, 2.05) is 30.3 Å². The third-order valence-corrected chi connectivity index (χ3v) is 3.58. The third kappa shape index (κ3) is 5.53. The number of amides is 1. The Morgan fingerprint density at radius 2 is 2.04 bits per heavy atom. The predicted octanol–water partition coefficient (Wildman–Crippen LogP) is 2.76. The molecule has 23 heavy (non-hydrogen) atoms. The molecule has 0 spiro atoms. The standard InChI is InChI=1S/C18H25N3O2/c1-13(2)10-15(11-19)21-17(22)8-9-18-20-12-16(23-18)14-6-4-3-5-7-14/h3-7,12-13,15H,8-11,19H2,1-2H3,(H,21,22). The van der Waals surface area contributed by atoms with E-state index in [1.165, 1.54) is 0 Å². The zero-order valence-electron chi connectivity index (χ0n) is 13.8. The van der Waals surface area contributed by atoms with Crippen molar-refractivity contribution in [3.63, 3.8) is 0 Å². The molecule has 5 heteroatoms. The van der Waals surface area contributed by atoms with Crippen molar-refractivity contribution in [2.45, 2.75) is 39.2 Å². The monoisotopic (exact) mass is 315 g/mol. The highest BCUT2D eigenvalue weighted by Gasteiger charge is 2.13. The lowest BCUT2D eigenvalue weighted by Gasteiger charge is -2.18. The van der Waals surface area contributed by atoms with Crippen LogP contribution in [0.3, 0.4) is 0 Å². The number of hydrogen-bond acceptors (Lipinski definition) is 4. The minimum Gasteiger partial charge on any atom is -0.441 e. The van der Waals surface area contributed by atoms with Gasteiger partial charge in [-0.25, -0.2) is 4.98 Å². The van der Waals surface area contributed by atoms with Gasteiger partial charge in [0.2, 0.25) is 5.91 Å². The van der Waals surface area contributed by atoms with Crippen molar-refractivity contribution >= 4 is 5.91 Å². The first-order valence-electron chi connectivity index (χ1n) is 8.08. The summed E-state index contributed by atoms with van der Waals surface area (Å²) in [5.74, 6) is 1.79. The summed E-state index contributed by atoms with van der Waals surface area (Å²) in [5, 5.41) is 2.97. The highest BCUT2D eigenvalue weighted by Crippen LogP contribution is 2.20. The molecule has 1 atom stereocenters. The fourth-order valence-electron chi connectivity index (χ4n) is 2.47. The number of aryl methyl sites for hydroxylation is 1. The largest absolute Gasteiger partial charge is 0.441 e. The molecule has 1 amide bonds. The van der Waals surface area contributed by atoms with Crippen LogP contribution in [-0.2, 0) is 11.2 Å². The van der Waals surface area contributed by atoms with Gasteiger partial charge in [-0.2, -0.15) is 0 Å². The molecule has 0 radical (unpaired) electrons. The van der Waals surface area contributed by atoms with Crippen LogP contribution in [0.4, 0.5) is 0 Å². The van der Waals surface area contributed by atoms with Gasteiger partial charge in [-0.1, -0.05) is 44.2 Å². The van der Waals surface area contributed by atoms with E-state index in [0.29, 0.717) is 31.2 Å². The van der Waals surface area contributed by atoms with E-state index in [2.05, 4.69) is 24.1 Å². The maximum atomic E-state index is 12.0. The Hall–Kier alpha value is -2.14. The minimum absolute atomic E-state index is 0.0134. The summed E-state index contributed by atoms with van der Waals surface area (Å²) in [6.45, 7) is 4.69. The maximum absolute atomic E-state index is 12.0. The number of oxazole rings is 1. The molecule has 2 rings (SSSR count). The fourth-order valence-corrected chi connectivity index (χ4v) is 2.47. The lowest BCUT2D eigenvalue weighted by atomic mass is 10.0. The number of rotatable bonds is 8. The lowest BCUT2D eigenvalue weighted by Crippen LogP contribution is -2.41. The SMILES string of the molecule is CC(C)CC(CN)NC(=O)CCc1ncc(-c2ccccc2)o1. The van der Waals surface area contributed by atoms with Gasteiger partial charge in [-0.05, 0) is 12.3 Å². The molecule has 2 aromatic rings. The van der Waals surface area contributed by atoms with Crippen LogP contribution in [0.15, 0.2) is 40.9 Å². The molecule has 1 heterocycles. The Morgan fingerprint density at radius 1 is 1.30 bits per heavy atom. The first-order chi connectivity index (χ1) is 11.1. The number of hydrogen-bond donors (Lipinski definition) is 2. The molecule has 1 unspecified atom stereocenters. The van der Waals surface area contributed by atoms with Crippen LogP contribution in [0.25, 0.3) is 11.3 Å². The van der Waals surface area contributed by atoms with Crippen molar-refractivity contribution in [2.24, 2.45) is 11.7 Å². The van der Waals surface area contributed by atoms with Gasteiger partial charge < -0.3 is 15.5 Å². The van der Waals surface area contributed by atoms with Gasteiger partial charge >= 0.3 is 0 Å². The molecule has 0 bridgehead atoms. The second-order valence-corrected chi connectivity index (χ2v) is 6.11. The summed E-state index contributed by atoms with van der Waals surface area (Å²) in [5.41, 5.74) is 6.68. The zero-order chi connectivity index (χ0) is 16.7. The van der Waals surface area contributed by atoms with E-state index in [1.54, 1.807) is 6.20 Å². The summed E-state index contributed by atoms with van der Waals surface area (Å²) >= 11 is 0. The number of nitrogens with zero attached hydrogens (tertiary/aromatic N) is 1. The van der Waals surface area contributed by atoms with Gasteiger partial charge in [0.1, 0.15) is 0 Å². The predicted molar refractivity (Wildman–Crippen MR) is 90.7 cm³/mol. The first kappa shape index (κ1) is 17.2. The molecule has 0 aliphatic heterocycles. The Kier molecular flexibility index (Phi) is 6.35. The van der Waals surface area contributed by atoms with Crippen molar-refractivity contribution in [1.29, 1.82) is 0 Å². The van der Waals surface area contributed by atoms with E-state index >= 15 is 0 Å². The lowest BCUT2D eigenvalue weighted by molar-refractivity contribution is -0.121. The van der Waals surface area contributed by atoms with Gasteiger partial charge in [0.25, 0.3) is 0 Å². The van der Waals surface area contributed by atoms with Gasteiger partial charge in [0.15, 0.2) is 11.7 Å². The molecule has 5 nitrogen and oxygen atoms in total. The van der Waals surface area contributed by atoms with Crippen molar-refractivity contribution in [3.8, 4) is 11.3 Å². The number of carbonyl (C=O) groups excluding carboxylic acids is 1. The van der Waals surface area contributed by atoms with Gasteiger partial charge in [-0.3, -0.25) is 4.79 Å². The summed E-state index contributed by atoms with van der Waals surface area (Å²) < 4.78 is 5.70. The second kappa shape index (κ2) is 8.48. The van der Waals surface area contributed by atoms with Crippen LogP contribution >= 0.6 is 0 Å². The molecule has 0 saturated carbocycles. The number of benzene rings is 1. The van der Waals surface area contributed by atoms with Crippen molar-refractivity contribution < 1.29 is 9.21 Å². The van der Waals surface area contributed by atoms with Crippen molar-refractivity contribution in [1.82, 2.24) is 10.3 Å². The molecule has 1 aromatic heterocycles. The molecule has 0 saturated heterocycles. The van der Waals surface area contributed by atoms with Crippen LogP contribution in [0.5, 0.6) is 0 Å². The van der Waals surface area contributed by atoms with Crippen molar-refractivity contribution in [2.75, 3.05) is 6.54 Å². The van der Waals surface area contributed by atoms with E-state index < -0.39 is 0 Å². The molecule has 0 aliphatic carbocycles. The minimum atomic E-state index is -0.0134. The Morgan fingerprint density at radius 3 is 2.70 bits per heavy atom. The summed E-state index contributed by atoms with van der Waals surface area (Å²) in [6, 6.07) is 9.82. The molecule has 3 N–H and O–H groups in total. The Balaban J connectivity index is 1.84. The van der Waals surface area contributed by atoms with Gasteiger partial charge in [0.05, 0.1) is 6.20 Å². The van der Waals surface area contributed by atoms with E-state index in [4.69, 9.17) is 10.2 Å². The Bertz CT molecular complexity index is 608. The summed E-state index contributed by atoms with van der Waals surface area (Å²) in [4.78, 5) is 16.2. The maximum Gasteiger partial charge on any atom is 0.220 e. The Labute approximate surface area is 137 Å². The molecular formula is C18H25N3O2. The van der Waals surface area contributed by atoms with Crippen LogP contribution in [0, 0.1) is 5.92 Å². The van der Waals surface area contributed by atoms with E-state index in [0.717, 1.165) is 17.7 Å². The average molecular weight is 315 g/mol. The van der Waals surface area contributed by atoms with Gasteiger partial charge in [0, 0.05) is 31.0 Å². The molecular weight excluding hydrogens is 290 g/mol. The zero-order valence-corrected chi connectivity index (χ0v) is 13.8. The summed E-state index contributed by atoms with van der Waals surface area (Å²) in [7, 11) is 0. The average Bonchev–Trinajstić information content (AvgIpc) is 3.01. The normalized spacial score (nSPS) is 12.3. The van der Waals surface area contributed by atoms with Crippen LogP contribution < -0.4 is 11.1 Å². The number of carbonyl (C=O) groups is 1. The molecule has 1 aromatic carbocycles. The topological polar surface area (TPSA) is 81.1 Å². The van der Waals surface area contributed by atoms with Crippen molar-refractivity contribution in [3.05, 3.63) is 42.4 Å².